The quantitative estimate of drug-likeness (QED) is 0.509. The van der Waals surface area contributed by atoms with Gasteiger partial charge in [-0.25, -0.2) is 0 Å². The van der Waals surface area contributed by atoms with Crippen molar-refractivity contribution >= 4 is 23.4 Å². The third-order valence-corrected chi connectivity index (χ3v) is 3.54. The van der Waals surface area contributed by atoms with Crippen molar-refractivity contribution in [2.24, 2.45) is 0 Å². The van der Waals surface area contributed by atoms with Crippen LogP contribution in [-0.4, -0.2) is 32.0 Å². The van der Waals surface area contributed by atoms with Gasteiger partial charge in [0.25, 0.3) is 0 Å². The van der Waals surface area contributed by atoms with Crippen LogP contribution in [0, 0.1) is 0 Å². The van der Waals surface area contributed by atoms with E-state index in [2.05, 4.69) is 4.74 Å². The van der Waals surface area contributed by atoms with Crippen LogP contribution in [0.3, 0.4) is 0 Å². The number of benzene rings is 1. The molecule has 98 valence electrons. The zero-order chi connectivity index (χ0) is 13.0. The van der Waals surface area contributed by atoms with Gasteiger partial charge in [-0.1, -0.05) is 0 Å². The third-order valence-electron chi connectivity index (χ3n) is 2.47. The van der Waals surface area contributed by atoms with E-state index < -0.39 is 0 Å². The van der Waals surface area contributed by atoms with Gasteiger partial charge in [0.1, 0.15) is 13.2 Å². The molecule has 0 atom stereocenters. The van der Waals surface area contributed by atoms with Crippen molar-refractivity contribution in [3.8, 4) is 11.5 Å². The first-order chi connectivity index (χ1) is 8.70. The molecule has 1 aliphatic rings. The molecule has 0 unspecified atom stereocenters. The summed E-state index contributed by atoms with van der Waals surface area (Å²) in [6.45, 7) is 1.09. The summed E-state index contributed by atoms with van der Waals surface area (Å²) in [5.74, 6) is 1.78. The number of hydrogen-bond acceptors (Lipinski definition) is 6. The molecule has 0 amide bonds. The van der Waals surface area contributed by atoms with Gasteiger partial charge in [-0.3, -0.25) is 4.79 Å². The minimum atomic E-state index is -0.224. The molecule has 1 aromatic rings. The fourth-order valence-corrected chi connectivity index (χ4v) is 2.46. The number of nitrogens with two attached hydrogens (primary N) is 1. The maximum atomic E-state index is 11.0. The number of carbonyl (C=O) groups excluding carboxylic acids is 1. The average molecular weight is 269 g/mol. The molecule has 0 aliphatic carbocycles. The Kier molecular flexibility index (Phi) is 4.19. The lowest BCUT2D eigenvalue weighted by Crippen LogP contribution is -2.15. The molecule has 2 rings (SSSR count). The van der Waals surface area contributed by atoms with Gasteiger partial charge in [0.15, 0.2) is 11.5 Å². The van der Waals surface area contributed by atoms with Crippen LogP contribution < -0.4 is 15.2 Å². The number of hydrogen-bond donors (Lipinski definition) is 1. The van der Waals surface area contributed by atoms with E-state index in [0.717, 1.165) is 4.90 Å². The maximum absolute atomic E-state index is 11.0. The molecule has 1 aliphatic heterocycles. The second-order valence-electron chi connectivity index (χ2n) is 3.71. The second-order valence-corrected chi connectivity index (χ2v) is 4.85. The van der Waals surface area contributed by atoms with Crippen molar-refractivity contribution in [2.75, 3.05) is 31.8 Å². The molecule has 6 heteroatoms. The van der Waals surface area contributed by atoms with Crippen molar-refractivity contribution in [3.63, 3.8) is 0 Å². The summed E-state index contributed by atoms with van der Waals surface area (Å²) < 4.78 is 15.5. The summed E-state index contributed by atoms with van der Waals surface area (Å²) in [6.07, 6.45) is 0.356. The van der Waals surface area contributed by atoms with Crippen molar-refractivity contribution in [2.45, 2.75) is 11.3 Å². The summed E-state index contributed by atoms with van der Waals surface area (Å²) in [4.78, 5) is 11.9. The molecule has 0 saturated heterocycles. The van der Waals surface area contributed by atoms with Crippen molar-refractivity contribution in [1.82, 2.24) is 0 Å². The van der Waals surface area contributed by atoms with E-state index in [1.54, 1.807) is 6.07 Å². The Balaban J connectivity index is 2.02. The predicted molar refractivity (Wildman–Crippen MR) is 69.2 cm³/mol. The van der Waals surface area contributed by atoms with Crippen molar-refractivity contribution in [3.05, 3.63) is 12.1 Å². The topological polar surface area (TPSA) is 70.8 Å². The molecular formula is C12H15NO4S. The smallest absolute Gasteiger partial charge is 0.306 e. The minimum absolute atomic E-state index is 0.224. The molecule has 0 aromatic heterocycles. The summed E-state index contributed by atoms with van der Waals surface area (Å²) in [6, 6.07) is 3.61. The summed E-state index contributed by atoms with van der Waals surface area (Å²) in [5.41, 5.74) is 6.55. The number of anilines is 1. The first-order valence-corrected chi connectivity index (χ1v) is 6.58. The van der Waals surface area contributed by atoms with E-state index in [4.69, 9.17) is 15.2 Å². The number of rotatable bonds is 4. The molecule has 0 bridgehead atoms. The van der Waals surface area contributed by atoms with Crippen LogP contribution in [0.15, 0.2) is 17.0 Å². The van der Waals surface area contributed by atoms with Gasteiger partial charge in [-0.2, -0.15) is 0 Å². The maximum Gasteiger partial charge on any atom is 0.306 e. The van der Waals surface area contributed by atoms with E-state index in [1.165, 1.54) is 18.9 Å². The monoisotopic (exact) mass is 269 g/mol. The van der Waals surface area contributed by atoms with Gasteiger partial charge < -0.3 is 19.9 Å². The summed E-state index contributed by atoms with van der Waals surface area (Å²) >= 11 is 1.50. The Labute approximate surface area is 110 Å². The van der Waals surface area contributed by atoms with Crippen LogP contribution in [0.25, 0.3) is 0 Å². The zero-order valence-electron chi connectivity index (χ0n) is 10.1. The Morgan fingerprint density at radius 2 is 2.06 bits per heavy atom. The first-order valence-electron chi connectivity index (χ1n) is 5.59. The van der Waals surface area contributed by atoms with Gasteiger partial charge in [0, 0.05) is 22.4 Å². The fraction of sp³-hybridized carbons (Fsp3) is 0.417. The molecular weight excluding hydrogens is 254 g/mol. The number of nitrogen functional groups attached to an aromatic ring is 1. The Morgan fingerprint density at radius 1 is 1.39 bits per heavy atom. The highest BCUT2D eigenvalue weighted by atomic mass is 32.2. The Bertz CT molecular complexity index is 450. The van der Waals surface area contributed by atoms with Crippen LogP contribution in [0.1, 0.15) is 6.42 Å². The van der Waals surface area contributed by atoms with E-state index in [-0.39, 0.29) is 5.97 Å². The number of carbonyl (C=O) groups is 1. The summed E-state index contributed by atoms with van der Waals surface area (Å²) in [5, 5.41) is 0. The molecule has 1 heterocycles. The van der Waals surface area contributed by atoms with Crippen LogP contribution in [0.5, 0.6) is 11.5 Å². The second kappa shape index (κ2) is 5.86. The zero-order valence-corrected chi connectivity index (χ0v) is 10.9. The number of fused-ring (bicyclic) bond motifs is 1. The highest BCUT2D eigenvalue weighted by Gasteiger charge is 2.15. The third kappa shape index (κ3) is 3.01. The molecule has 0 spiro atoms. The molecule has 0 fully saturated rings. The standard InChI is InChI=1S/C12H15NO4S/c1-15-12(14)2-5-18-11-7-10-9(6-8(11)13)16-3-4-17-10/h6-7H,2-5,13H2,1H3. The van der Waals surface area contributed by atoms with Crippen LogP contribution >= 0.6 is 11.8 Å². The lowest BCUT2D eigenvalue weighted by molar-refractivity contribution is -0.140. The number of ether oxygens (including phenoxy) is 3. The highest BCUT2D eigenvalue weighted by molar-refractivity contribution is 7.99. The average Bonchev–Trinajstić information content (AvgIpc) is 2.39. The van der Waals surface area contributed by atoms with Crippen LogP contribution in [0.4, 0.5) is 5.69 Å². The minimum Gasteiger partial charge on any atom is -0.486 e. The van der Waals surface area contributed by atoms with Gasteiger partial charge in [0.2, 0.25) is 0 Å². The highest BCUT2D eigenvalue weighted by Crippen LogP contribution is 2.38. The normalized spacial score (nSPS) is 13.2. The lowest BCUT2D eigenvalue weighted by Gasteiger charge is -2.19. The summed E-state index contributed by atoms with van der Waals surface area (Å²) in [7, 11) is 1.38. The fourth-order valence-electron chi connectivity index (χ4n) is 1.56. The molecule has 5 nitrogen and oxygen atoms in total. The van der Waals surface area contributed by atoms with E-state index in [0.29, 0.717) is 42.6 Å². The van der Waals surface area contributed by atoms with E-state index in [9.17, 15) is 4.79 Å². The number of methoxy groups -OCH3 is 1. The Morgan fingerprint density at radius 3 is 2.72 bits per heavy atom. The number of esters is 1. The van der Waals surface area contributed by atoms with Crippen molar-refractivity contribution in [1.29, 1.82) is 0 Å². The predicted octanol–water partition coefficient (Wildman–Crippen LogP) is 1.70. The first kappa shape index (κ1) is 12.9. The van der Waals surface area contributed by atoms with Crippen molar-refractivity contribution < 1.29 is 19.0 Å². The molecule has 1 aromatic carbocycles. The van der Waals surface area contributed by atoms with E-state index >= 15 is 0 Å². The van der Waals surface area contributed by atoms with Gasteiger partial charge in [-0.15, -0.1) is 11.8 Å². The molecule has 18 heavy (non-hydrogen) atoms. The molecule has 2 N–H and O–H groups in total. The van der Waals surface area contributed by atoms with Crippen LogP contribution in [-0.2, 0) is 9.53 Å². The number of thioether (sulfide) groups is 1. The molecule has 0 radical (unpaired) electrons. The Hall–Kier alpha value is -1.56. The SMILES string of the molecule is COC(=O)CCSc1cc2c(cc1N)OCCO2. The van der Waals surface area contributed by atoms with Gasteiger partial charge >= 0.3 is 5.97 Å². The lowest BCUT2D eigenvalue weighted by atomic mass is 10.2. The van der Waals surface area contributed by atoms with Crippen LogP contribution in [0.2, 0.25) is 0 Å². The van der Waals surface area contributed by atoms with E-state index in [1.807, 2.05) is 6.07 Å². The molecule has 0 saturated carbocycles. The largest absolute Gasteiger partial charge is 0.486 e. The van der Waals surface area contributed by atoms with Gasteiger partial charge in [0.05, 0.1) is 13.5 Å². The van der Waals surface area contributed by atoms with Gasteiger partial charge in [-0.05, 0) is 6.07 Å².